The van der Waals surface area contributed by atoms with Gasteiger partial charge in [0.25, 0.3) is 0 Å². The van der Waals surface area contributed by atoms with Gasteiger partial charge in [-0.2, -0.15) is 0 Å². The lowest BCUT2D eigenvalue weighted by Crippen LogP contribution is -2.12. The van der Waals surface area contributed by atoms with Gasteiger partial charge in [-0.1, -0.05) is 25.1 Å². The van der Waals surface area contributed by atoms with Crippen molar-refractivity contribution in [2.45, 2.75) is 32.6 Å². The van der Waals surface area contributed by atoms with Crippen molar-refractivity contribution in [3.8, 4) is 0 Å². The molecule has 0 spiro atoms. The predicted octanol–water partition coefficient (Wildman–Crippen LogP) is 2.44. The molecule has 80 valence electrons. The predicted molar refractivity (Wildman–Crippen MR) is 59.0 cm³/mol. The van der Waals surface area contributed by atoms with E-state index in [1.54, 1.807) is 6.92 Å². The maximum atomic E-state index is 10.7. The van der Waals surface area contributed by atoms with Crippen LogP contribution in [0.15, 0.2) is 18.2 Å². The van der Waals surface area contributed by atoms with Crippen LogP contribution in [0.4, 0.5) is 0 Å². The standard InChI is InChI=1S/C13H16O2/c1-9(13(14)15)7-10-5-6-11-3-2-4-12(11)8-10/h5-6,8-9H,2-4,7H2,1H3,(H,14,15). The number of carboxylic acids is 1. The summed E-state index contributed by atoms with van der Waals surface area (Å²) < 4.78 is 0. The molecule has 2 heteroatoms. The third-order valence-electron chi connectivity index (χ3n) is 3.13. The van der Waals surface area contributed by atoms with E-state index in [9.17, 15) is 4.79 Å². The highest BCUT2D eigenvalue weighted by Gasteiger charge is 2.14. The Balaban J connectivity index is 2.13. The number of fused-ring (bicyclic) bond motifs is 1. The van der Waals surface area contributed by atoms with Gasteiger partial charge in [0.2, 0.25) is 0 Å². The Morgan fingerprint density at radius 2 is 2.13 bits per heavy atom. The number of benzene rings is 1. The second kappa shape index (κ2) is 4.05. The molecule has 2 nitrogen and oxygen atoms in total. The summed E-state index contributed by atoms with van der Waals surface area (Å²) in [6.07, 6.45) is 4.23. The fourth-order valence-electron chi connectivity index (χ4n) is 2.19. The molecule has 0 aliphatic heterocycles. The van der Waals surface area contributed by atoms with Gasteiger partial charge < -0.3 is 5.11 Å². The van der Waals surface area contributed by atoms with E-state index in [4.69, 9.17) is 5.11 Å². The Labute approximate surface area is 89.9 Å². The number of aryl methyl sites for hydroxylation is 2. The minimum absolute atomic E-state index is 0.288. The van der Waals surface area contributed by atoms with Crippen LogP contribution in [0.25, 0.3) is 0 Å². The number of carboxylic acid groups (broad SMARTS) is 1. The lowest BCUT2D eigenvalue weighted by molar-refractivity contribution is -0.141. The maximum absolute atomic E-state index is 10.7. The van der Waals surface area contributed by atoms with Crippen molar-refractivity contribution in [3.63, 3.8) is 0 Å². The molecule has 1 aliphatic rings. The van der Waals surface area contributed by atoms with Gasteiger partial charge >= 0.3 is 5.97 Å². The Hall–Kier alpha value is -1.31. The van der Waals surface area contributed by atoms with Gasteiger partial charge in [-0.05, 0) is 42.4 Å². The van der Waals surface area contributed by atoms with E-state index in [1.165, 1.54) is 24.0 Å². The number of aliphatic carboxylic acids is 1. The van der Waals surface area contributed by atoms with Gasteiger partial charge in [0.05, 0.1) is 5.92 Å². The van der Waals surface area contributed by atoms with Gasteiger partial charge in [0, 0.05) is 0 Å². The zero-order chi connectivity index (χ0) is 10.8. The number of hydrogen-bond donors (Lipinski definition) is 1. The molecular formula is C13H16O2. The molecule has 0 radical (unpaired) electrons. The molecule has 1 atom stereocenters. The minimum atomic E-state index is -0.713. The third kappa shape index (κ3) is 2.20. The van der Waals surface area contributed by atoms with Gasteiger partial charge in [-0.3, -0.25) is 4.79 Å². The van der Waals surface area contributed by atoms with Crippen LogP contribution >= 0.6 is 0 Å². The third-order valence-corrected chi connectivity index (χ3v) is 3.13. The summed E-state index contributed by atoms with van der Waals surface area (Å²) in [5, 5.41) is 8.84. The second-order valence-corrected chi connectivity index (χ2v) is 4.40. The molecule has 1 aliphatic carbocycles. The molecule has 0 amide bonds. The Morgan fingerprint density at radius 3 is 2.87 bits per heavy atom. The first-order chi connectivity index (χ1) is 7.16. The SMILES string of the molecule is CC(Cc1ccc2c(c1)CCC2)C(=O)O. The highest BCUT2D eigenvalue weighted by atomic mass is 16.4. The first-order valence-electron chi connectivity index (χ1n) is 5.50. The van der Waals surface area contributed by atoms with Crippen molar-refractivity contribution in [3.05, 3.63) is 34.9 Å². The van der Waals surface area contributed by atoms with Gasteiger partial charge in [0.15, 0.2) is 0 Å². The van der Waals surface area contributed by atoms with Crippen LogP contribution < -0.4 is 0 Å². The Morgan fingerprint density at radius 1 is 1.40 bits per heavy atom. The molecule has 0 saturated heterocycles. The molecule has 1 aromatic rings. The normalized spacial score (nSPS) is 16.1. The molecule has 1 aromatic carbocycles. The molecule has 2 rings (SSSR count). The molecule has 1 unspecified atom stereocenters. The number of rotatable bonds is 3. The van der Waals surface area contributed by atoms with Crippen LogP contribution in [-0.2, 0) is 24.1 Å². The highest BCUT2D eigenvalue weighted by molar-refractivity contribution is 5.69. The summed E-state index contributed by atoms with van der Waals surface area (Å²) >= 11 is 0. The van der Waals surface area contributed by atoms with Gasteiger partial charge in [-0.15, -0.1) is 0 Å². The monoisotopic (exact) mass is 204 g/mol. The number of carbonyl (C=O) groups is 1. The molecule has 1 N–H and O–H groups in total. The summed E-state index contributed by atoms with van der Waals surface area (Å²) in [5.74, 6) is -1.00. The van der Waals surface area contributed by atoms with Crippen molar-refractivity contribution < 1.29 is 9.90 Å². The van der Waals surface area contributed by atoms with E-state index in [0.717, 1.165) is 12.0 Å². The van der Waals surface area contributed by atoms with Crippen LogP contribution in [0.1, 0.15) is 30.0 Å². The van der Waals surface area contributed by atoms with E-state index in [2.05, 4.69) is 18.2 Å². The first-order valence-corrected chi connectivity index (χ1v) is 5.50. The summed E-state index contributed by atoms with van der Waals surface area (Å²) in [7, 11) is 0. The van der Waals surface area contributed by atoms with Crippen molar-refractivity contribution in [2.24, 2.45) is 5.92 Å². The topological polar surface area (TPSA) is 37.3 Å². The van der Waals surface area contributed by atoms with E-state index in [-0.39, 0.29) is 5.92 Å². The molecule has 0 saturated carbocycles. The highest BCUT2D eigenvalue weighted by Crippen LogP contribution is 2.23. The molecule has 0 fully saturated rings. The quantitative estimate of drug-likeness (QED) is 0.821. The van der Waals surface area contributed by atoms with Crippen LogP contribution in [0.3, 0.4) is 0 Å². The summed E-state index contributed by atoms with van der Waals surface area (Å²) in [6, 6.07) is 6.41. The van der Waals surface area contributed by atoms with Crippen molar-refractivity contribution in [2.75, 3.05) is 0 Å². The van der Waals surface area contributed by atoms with Crippen LogP contribution in [0.2, 0.25) is 0 Å². The molecular weight excluding hydrogens is 188 g/mol. The van der Waals surface area contributed by atoms with E-state index in [1.807, 2.05) is 0 Å². The van der Waals surface area contributed by atoms with Crippen LogP contribution in [0.5, 0.6) is 0 Å². The van der Waals surface area contributed by atoms with E-state index < -0.39 is 5.97 Å². The lowest BCUT2D eigenvalue weighted by Gasteiger charge is -2.08. The molecule has 15 heavy (non-hydrogen) atoms. The smallest absolute Gasteiger partial charge is 0.306 e. The Bertz CT molecular complexity index is 382. The molecule has 0 heterocycles. The first kappa shape index (κ1) is 10.2. The fourth-order valence-corrected chi connectivity index (χ4v) is 2.19. The Kier molecular flexibility index (Phi) is 2.76. The fraction of sp³-hybridized carbons (Fsp3) is 0.462. The minimum Gasteiger partial charge on any atom is -0.481 e. The zero-order valence-corrected chi connectivity index (χ0v) is 8.99. The van der Waals surface area contributed by atoms with Crippen LogP contribution in [-0.4, -0.2) is 11.1 Å². The molecule has 0 aromatic heterocycles. The average Bonchev–Trinajstić information content (AvgIpc) is 2.64. The maximum Gasteiger partial charge on any atom is 0.306 e. The molecule has 0 bridgehead atoms. The lowest BCUT2D eigenvalue weighted by atomic mass is 9.98. The van der Waals surface area contributed by atoms with E-state index >= 15 is 0 Å². The zero-order valence-electron chi connectivity index (χ0n) is 8.99. The van der Waals surface area contributed by atoms with Gasteiger partial charge in [0.1, 0.15) is 0 Å². The largest absolute Gasteiger partial charge is 0.481 e. The second-order valence-electron chi connectivity index (χ2n) is 4.40. The van der Waals surface area contributed by atoms with Crippen molar-refractivity contribution in [1.82, 2.24) is 0 Å². The summed E-state index contributed by atoms with van der Waals surface area (Å²) in [6.45, 7) is 1.76. The van der Waals surface area contributed by atoms with E-state index in [0.29, 0.717) is 6.42 Å². The summed E-state index contributed by atoms with van der Waals surface area (Å²) in [5.41, 5.74) is 4.03. The van der Waals surface area contributed by atoms with Gasteiger partial charge in [-0.25, -0.2) is 0 Å². The van der Waals surface area contributed by atoms with Crippen molar-refractivity contribution in [1.29, 1.82) is 0 Å². The summed E-state index contributed by atoms with van der Waals surface area (Å²) in [4.78, 5) is 10.7. The van der Waals surface area contributed by atoms with Crippen molar-refractivity contribution >= 4 is 5.97 Å². The number of hydrogen-bond acceptors (Lipinski definition) is 1. The average molecular weight is 204 g/mol. The van der Waals surface area contributed by atoms with Crippen LogP contribution in [0, 0.1) is 5.92 Å².